The minimum absolute atomic E-state index is 0.0663. The second-order valence-electron chi connectivity index (χ2n) is 4.94. The number of nitrogens with one attached hydrogen (secondary N) is 1. The molecule has 0 aromatic heterocycles. The van der Waals surface area contributed by atoms with Crippen LogP contribution in [-0.4, -0.2) is 26.6 Å². The SMILES string of the molecule is NS(=O)(=O)CCCNC(=O)C1CC2CC2C1. The highest BCUT2D eigenvalue weighted by molar-refractivity contribution is 7.89. The van der Waals surface area contributed by atoms with E-state index in [1.807, 2.05) is 0 Å². The minimum Gasteiger partial charge on any atom is -0.356 e. The van der Waals surface area contributed by atoms with Crippen molar-refractivity contribution in [2.45, 2.75) is 25.7 Å². The van der Waals surface area contributed by atoms with Crippen molar-refractivity contribution in [3.8, 4) is 0 Å². The van der Waals surface area contributed by atoms with E-state index in [4.69, 9.17) is 5.14 Å². The highest BCUT2D eigenvalue weighted by Gasteiger charge is 2.47. The van der Waals surface area contributed by atoms with Gasteiger partial charge in [-0.25, -0.2) is 13.6 Å². The average molecular weight is 246 g/mol. The van der Waals surface area contributed by atoms with Crippen molar-refractivity contribution in [1.82, 2.24) is 5.32 Å². The summed E-state index contributed by atoms with van der Waals surface area (Å²) in [6.45, 7) is 0.404. The molecule has 1 amide bonds. The topological polar surface area (TPSA) is 89.3 Å². The third kappa shape index (κ3) is 3.18. The van der Waals surface area contributed by atoms with Crippen LogP contribution in [0.15, 0.2) is 0 Å². The van der Waals surface area contributed by atoms with Gasteiger partial charge in [0.1, 0.15) is 0 Å². The highest BCUT2D eigenvalue weighted by atomic mass is 32.2. The number of hydrogen-bond donors (Lipinski definition) is 2. The first-order chi connectivity index (χ1) is 7.46. The summed E-state index contributed by atoms with van der Waals surface area (Å²) in [5, 5.41) is 7.64. The van der Waals surface area contributed by atoms with Gasteiger partial charge in [0.25, 0.3) is 0 Å². The summed E-state index contributed by atoms with van der Waals surface area (Å²) >= 11 is 0. The third-order valence-electron chi connectivity index (χ3n) is 3.52. The Bertz CT molecular complexity index is 370. The molecule has 0 saturated heterocycles. The lowest BCUT2D eigenvalue weighted by Crippen LogP contribution is -2.32. The summed E-state index contributed by atoms with van der Waals surface area (Å²) in [6.07, 6.45) is 3.73. The van der Waals surface area contributed by atoms with Crippen LogP contribution in [-0.2, 0) is 14.8 Å². The Hall–Kier alpha value is -0.620. The molecule has 6 heteroatoms. The molecule has 2 unspecified atom stereocenters. The van der Waals surface area contributed by atoms with E-state index in [0.29, 0.717) is 13.0 Å². The van der Waals surface area contributed by atoms with Gasteiger partial charge in [0, 0.05) is 12.5 Å². The van der Waals surface area contributed by atoms with Crippen molar-refractivity contribution in [1.29, 1.82) is 0 Å². The zero-order valence-electron chi connectivity index (χ0n) is 9.19. The van der Waals surface area contributed by atoms with Gasteiger partial charge < -0.3 is 5.32 Å². The van der Waals surface area contributed by atoms with E-state index < -0.39 is 10.0 Å². The summed E-state index contributed by atoms with van der Waals surface area (Å²) < 4.78 is 21.3. The molecule has 2 aliphatic carbocycles. The van der Waals surface area contributed by atoms with Crippen molar-refractivity contribution in [2.24, 2.45) is 22.9 Å². The molecule has 5 nitrogen and oxygen atoms in total. The van der Waals surface area contributed by atoms with Crippen LogP contribution in [0.2, 0.25) is 0 Å². The Balaban J connectivity index is 1.61. The minimum atomic E-state index is -3.39. The second-order valence-corrected chi connectivity index (χ2v) is 6.67. The Morgan fingerprint density at radius 1 is 1.25 bits per heavy atom. The molecule has 0 bridgehead atoms. The molecular weight excluding hydrogens is 228 g/mol. The van der Waals surface area contributed by atoms with Gasteiger partial charge in [0.05, 0.1) is 5.75 Å². The normalized spacial score (nSPS) is 32.2. The fourth-order valence-electron chi connectivity index (χ4n) is 2.56. The first kappa shape index (κ1) is 11.9. The van der Waals surface area contributed by atoms with Crippen molar-refractivity contribution in [2.75, 3.05) is 12.3 Å². The number of carbonyl (C=O) groups is 1. The Morgan fingerprint density at radius 2 is 1.88 bits per heavy atom. The highest BCUT2D eigenvalue weighted by Crippen LogP contribution is 2.54. The smallest absolute Gasteiger partial charge is 0.223 e. The predicted octanol–water partition coefficient (Wildman–Crippen LogP) is -0.173. The lowest BCUT2D eigenvalue weighted by atomic mass is 10.0. The van der Waals surface area contributed by atoms with Crippen LogP contribution >= 0.6 is 0 Å². The van der Waals surface area contributed by atoms with E-state index >= 15 is 0 Å². The van der Waals surface area contributed by atoms with Crippen LogP contribution in [0.5, 0.6) is 0 Å². The first-order valence-corrected chi connectivity index (χ1v) is 7.45. The first-order valence-electron chi connectivity index (χ1n) is 5.74. The number of carbonyl (C=O) groups excluding carboxylic acids is 1. The van der Waals surface area contributed by atoms with E-state index in [9.17, 15) is 13.2 Å². The van der Waals surface area contributed by atoms with Gasteiger partial charge in [-0.3, -0.25) is 4.79 Å². The fourth-order valence-corrected chi connectivity index (χ4v) is 3.10. The summed E-state index contributed by atoms with van der Waals surface area (Å²) in [7, 11) is -3.39. The van der Waals surface area contributed by atoms with Crippen LogP contribution in [0.25, 0.3) is 0 Å². The van der Waals surface area contributed by atoms with Crippen molar-refractivity contribution >= 4 is 15.9 Å². The molecule has 0 heterocycles. The second kappa shape index (κ2) is 4.33. The quantitative estimate of drug-likeness (QED) is 0.660. The molecular formula is C10H18N2O3S. The summed E-state index contributed by atoms with van der Waals surface area (Å²) in [5.41, 5.74) is 0. The molecule has 16 heavy (non-hydrogen) atoms. The molecule has 2 saturated carbocycles. The van der Waals surface area contributed by atoms with E-state index in [1.165, 1.54) is 6.42 Å². The summed E-state index contributed by atoms with van der Waals surface area (Å²) in [4.78, 5) is 11.6. The number of fused-ring (bicyclic) bond motifs is 1. The fraction of sp³-hybridized carbons (Fsp3) is 0.900. The zero-order chi connectivity index (χ0) is 11.8. The van der Waals surface area contributed by atoms with Gasteiger partial charge in [0.2, 0.25) is 15.9 Å². The third-order valence-corrected chi connectivity index (χ3v) is 4.38. The van der Waals surface area contributed by atoms with Crippen LogP contribution in [0.1, 0.15) is 25.7 Å². The summed E-state index contributed by atoms with van der Waals surface area (Å²) in [5.74, 6) is 1.77. The zero-order valence-corrected chi connectivity index (χ0v) is 10.0. The molecule has 0 spiro atoms. The summed E-state index contributed by atoms with van der Waals surface area (Å²) in [6, 6.07) is 0. The van der Waals surface area contributed by atoms with Gasteiger partial charge in [-0.05, 0) is 37.5 Å². The number of amides is 1. The monoisotopic (exact) mass is 246 g/mol. The number of primary sulfonamides is 1. The Kier molecular flexibility index (Phi) is 3.21. The molecule has 0 aromatic carbocycles. The van der Waals surface area contributed by atoms with Crippen LogP contribution in [0.4, 0.5) is 0 Å². The number of sulfonamides is 1. The van der Waals surface area contributed by atoms with Crippen molar-refractivity contribution in [3.63, 3.8) is 0 Å². The van der Waals surface area contributed by atoms with Gasteiger partial charge in [-0.15, -0.1) is 0 Å². The van der Waals surface area contributed by atoms with Crippen molar-refractivity contribution in [3.05, 3.63) is 0 Å². The molecule has 2 fully saturated rings. The van der Waals surface area contributed by atoms with E-state index in [1.54, 1.807) is 0 Å². The molecule has 0 aromatic rings. The van der Waals surface area contributed by atoms with E-state index in [2.05, 4.69) is 5.32 Å². The van der Waals surface area contributed by atoms with E-state index in [0.717, 1.165) is 24.7 Å². The molecule has 92 valence electrons. The molecule has 2 atom stereocenters. The Labute approximate surface area is 95.8 Å². The molecule has 2 aliphatic rings. The van der Waals surface area contributed by atoms with Gasteiger partial charge in [-0.2, -0.15) is 0 Å². The maximum absolute atomic E-state index is 11.6. The lowest BCUT2D eigenvalue weighted by Gasteiger charge is -2.11. The standard InChI is InChI=1S/C10H18N2O3S/c11-16(14,15)3-1-2-12-10(13)9-5-7-4-8(7)6-9/h7-9H,1-6H2,(H,12,13)(H2,11,14,15). The number of nitrogens with two attached hydrogens (primary N) is 1. The van der Waals surface area contributed by atoms with Crippen LogP contribution < -0.4 is 10.5 Å². The maximum Gasteiger partial charge on any atom is 0.223 e. The van der Waals surface area contributed by atoms with Gasteiger partial charge >= 0.3 is 0 Å². The van der Waals surface area contributed by atoms with Crippen LogP contribution in [0, 0.1) is 17.8 Å². The average Bonchev–Trinajstić information content (AvgIpc) is 2.79. The molecule has 2 rings (SSSR count). The van der Waals surface area contributed by atoms with Gasteiger partial charge in [0.15, 0.2) is 0 Å². The maximum atomic E-state index is 11.6. The number of hydrogen-bond acceptors (Lipinski definition) is 3. The van der Waals surface area contributed by atoms with Gasteiger partial charge in [-0.1, -0.05) is 0 Å². The van der Waals surface area contributed by atoms with Crippen LogP contribution in [0.3, 0.4) is 0 Å². The lowest BCUT2D eigenvalue weighted by molar-refractivity contribution is -0.125. The molecule has 0 aliphatic heterocycles. The molecule has 3 N–H and O–H groups in total. The molecule has 0 radical (unpaired) electrons. The number of rotatable bonds is 5. The predicted molar refractivity (Wildman–Crippen MR) is 59.9 cm³/mol. The Morgan fingerprint density at radius 3 is 2.44 bits per heavy atom. The largest absolute Gasteiger partial charge is 0.356 e. The van der Waals surface area contributed by atoms with E-state index in [-0.39, 0.29) is 17.6 Å². The van der Waals surface area contributed by atoms with Crippen molar-refractivity contribution < 1.29 is 13.2 Å².